The molecule has 0 aliphatic carbocycles. The third kappa shape index (κ3) is 3.39. The van der Waals surface area contributed by atoms with Crippen LogP contribution < -0.4 is 10.6 Å². The summed E-state index contributed by atoms with van der Waals surface area (Å²) in [6.07, 6.45) is 0.0217. The first-order chi connectivity index (χ1) is 13.4. The Balaban J connectivity index is 1.70. The molecule has 0 saturated heterocycles. The van der Waals surface area contributed by atoms with E-state index in [1.165, 1.54) is 0 Å². The lowest BCUT2D eigenvalue weighted by molar-refractivity contribution is -0.125. The summed E-state index contributed by atoms with van der Waals surface area (Å²) in [5.41, 5.74) is 4.24. The van der Waals surface area contributed by atoms with E-state index in [-0.39, 0.29) is 18.2 Å². The summed E-state index contributed by atoms with van der Waals surface area (Å²) in [5.74, 6) is 0.0339. The molecule has 28 heavy (non-hydrogen) atoms. The Morgan fingerprint density at radius 2 is 1.96 bits per heavy atom. The molecule has 0 bridgehead atoms. The maximum atomic E-state index is 12.9. The van der Waals surface area contributed by atoms with Crippen LogP contribution in [0, 0.1) is 13.8 Å². The van der Waals surface area contributed by atoms with Gasteiger partial charge in [0.1, 0.15) is 11.9 Å². The quantitative estimate of drug-likeness (QED) is 0.693. The van der Waals surface area contributed by atoms with Gasteiger partial charge >= 0.3 is 0 Å². The number of nitrogens with one attached hydrogen (secondary N) is 2. The minimum absolute atomic E-state index is 0.0217. The van der Waals surface area contributed by atoms with Crippen molar-refractivity contribution in [2.75, 3.05) is 10.6 Å². The van der Waals surface area contributed by atoms with Crippen molar-refractivity contribution < 1.29 is 9.59 Å². The van der Waals surface area contributed by atoms with Gasteiger partial charge in [-0.15, -0.1) is 0 Å². The van der Waals surface area contributed by atoms with E-state index >= 15 is 0 Å². The zero-order valence-corrected chi connectivity index (χ0v) is 16.2. The molecule has 142 valence electrons. The topological polar surface area (TPSA) is 76.0 Å². The van der Waals surface area contributed by atoms with E-state index in [4.69, 9.17) is 11.6 Å². The summed E-state index contributed by atoms with van der Waals surface area (Å²) in [4.78, 5) is 25.1. The molecule has 0 saturated carbocycles. The Morgan fingerprint density at radius 1 is 1.21 bits per heavy atom. The number of benzene rings is 2. The van der Waals surface area contributed by atoms with Crippen LogP contribution >= 0.6 is 11.6 Å². The standard InChI is InChI=1S/C21H19ClN4O2/c1-12-6-8-14(9-7-12)19-13(2)20-24-18(27)11-17(26(20)25-19)21(28)23-16-5-3-4-15(22)10-16/h3-10,17H,11H2,1-2H3,(H,23,28)(H,24,27)/t17-/m1/s1. The maximum absolute atomic E-state index is 12.9. The Labute approximate surface area is 167 Å². The summed E-state index contributed by atoms with van der Waals surface area (Å²) in [6.45, 7) is 3.91. The smallest absolute Gasteiger partial charge is 0.249 e. The highest BCUT2D eigenvalue weighted by Gasteiger charge is 2.34. The van der Waals surface area contributed by atoms with Crippen molar-refractivity contribution in [1.29, 1.82) is 0 Å². The molecule has 3 aromatic rings. The second-order valence-electron chi connectivity index (χ2n) is 6.90. The number of aryl methyl sites for hydroxylation is 1. The van der Waals surface area contributed by atoms with Gasteiger partial charge in [-0.1, -0.05) is 47.5 Å². The molecule has 1 atom stereocenters. The van der Waals surface area contributed by atoms with Crippen LogP contribution in [0.15, 0.2) is 48.5 Å². The number of nitrogens with zero attached hydrogens (tertiary/aromatic N) is 2. The predicted molar refractivity (Wildman–Crippen MR) is 110 cm³/mol. The number of anilines is 2. The van der Waals surface area contributed by atoms with E-state index in [0.717, 1.165) is 22.4 Å². The number of carbonyl (C=O) groups is 2. The lowest BCUT2D eigenvalue weighted by Crippen LogP contribution is -2.35. The van der Waals surface area contributed by atoms with Crippen LogP contribution in [0.2, 0.25) is 5.02 Å². The molecular weight excluding hydrogens is 376 g/mol. The second-order valence-corrected chi connectivity index (χ2v) is 7.34. The lowest BCUT2D eigenvalue weighted by atomic mass is 10.1. The van der Waals surface area contributed by atoms with Crippen LogP contribution in [-0.2, 0) is 9.59 Å². The first kappa shape index (κ1) is 18.3. The van der Waals surface area contributed by atoms with Crippen LogP contribution in [0.25, 0.3) is 11.3 Å². The number of halogens is 1. The Morgan fingerprint density at radius 3 is 2.68 bits per heavy atom. The van der Waals surface area contributed by atoms with Crippen LogP contribution in [0.1, 0.15) is 23.6 Å². The van der Waals surface area contributed by atoms with Gasteiger partial charge in [0.15, 0.2) is 0 Å². The fourth-order valence-electron chi connectivity index (χ4n) is 3.32. The van der Waals surface area contributed by atoms with Gasteiger partial charge in [0.2, 0.25) is 11.8 Å². The minimum atomic E-state index is -0.736. The molecule has 2 aromatic carbocycles. The van der Waals surface area contributed by atoms with Gasteiger partial charge in [0, 0.05) is 21.8 Å². The highest BCUT2D eigenvalue weighted by molar-refractivity contribution is 6.30. The largest absolute Gasteiger partial charge is 0.324 e. The Hall–Kier alpha value is -3.12. The third-order valence-electron chi connectivity index (χ3n) is 4.80. The number of fused-ring (bicyclic) bond motifs is 1. The molecule has 0 radical (unpaired) electrons. The van der Waals surface area contributed by atoms with Gasteiger partial charge < -0.3 is 10.6 Å². The summed E-state index contributed by atoms with van der Waals surface area (Å²) in [6, 6.07) is 14.2. The molecular formula is C21H19ClN4O2. The van der Waals surface area contributed by atoms with Gasteiger partial charge in [-0.05, 0) is 32.0 Å². The molecule has 2 N–H and O–H groups in total. The van der Waals surface area contributed by atoms with Crippen molar-refractivity contribution in [3.8, 4) is 11.3 Å². The van der Waals surface area contributed by atoms with E-state index in [1.807, 2.05) is 38.1 Å². The fraction of sp³-hybridized carbons (Fsp3) is 0.190. The minimum Gasteiger partial charge on any atom is -0.324 e. The van der Waals surface area contributed by atoms with Crippen LogP contribution in [0.4, 0.5) is 11.5 Å². The SMILES string of the molecule is Cc1ccc(-c2nn3c(c2C)NC(=O)C[C@@H]3C(=O)Nc2cccc(Cl)c2)cc1. The molecule has 7 heteroatoms. The second kappa shape index (κ2) is 7.13. The van der Waals surface area contributed by atoms with E-state index in [9.17, 15) is 9.59 Å². The highest BCUT2D eigenvalue weighted by Crippen LogP contribution is 2.34. The van der Waals surface area contributed by atoms with Crippen LogP contribution in [0.5, 0.6) is 0 Å². The third-order valence-corrected chi connectivity index (χ3v) is 5.03. The number of hydrogen-bond acceptors (Lipinski definition) is 3. The molecule has 1 aliphatic rings. The number of amides is 2. The van der Waals surface area contributed by atoms with E-state index in [1.54, 1.807) is 28.9 Å². The van der Waals surface area contributed by atoms with Crippen molar-refractivity contribution in [3.05, 3.63) is 64.7 Å². The highest BCUT2D eigenvalue weighted by atomic mass is 35.5. The van der Waals surface area contributed by atoms with E-state index in [2.05, 4.69) is 15.7 Å². The summed E-state index contributed by atoms with van der Waals surface area (Å²) < 4.78 is 1.60. The van der Waals surface area contributed by atoms with E-state index in [0.29, 0.717) is 16.5 Å². The molecule has 6 nitrogen and oxygen atoms in total. The van der Waals surface area contributed by atoms with Gasteiger partial charge in [-0.3, -0.25) is 9.59 Å². The normalized spacial score (nSPS) is 15.7. The van der Waals surface area contributed by atoms with Crippen molar-refractivity contribution in [2.24, 2.45) is 0 Å². The number of rotatable bonds is 3. The van der Waals surface area contributed by atoms with Crippen LogP contribution in [0.3, 0.4) is 0 Å². The Bertz CT molecular complexity index is 1070. The van der Waals surface area contributed by atoms with Gasteiger partial charge in [-0.2, -0.15) is 5.10 Å². The van der Waals surface area contributed by atoms with Gasteiger partial charge in [0.25, 0.3) is 0 Å². The molecule has 0 spiro atoms. The molecule has 0 unspecified atom stereocenters. The Kier molecular flexibility index (Phi) is 4.65. The van der Waals surface area contributed by atoms with Crippen molar-refractivity contribution in [1.82, 2.24) is 9.78 Å². The fourth-order valence-corrected chi connectivity index (χ4v) is 3.51. The molecule has 4 rings (SSSR count). The molecule has 1 aromatic heterocycles. The van der Waals surface area contributed by atoms with Gasteiger partial charge in [0.05, 0.1) is 12.1 Å². The summed E-state index contributed by atoms with van der Waals surface area (Å²) in [5, 5.41) is 10.9. The zero-order chi connectivity index (χ0) is 19.8. The predicted octanol–water partition coefficient (Wildman–Crippen LogP) is 4.34. The first-order valence-electron chi connectivity index (χ1n) is 8.95. The van der Waals surface area contributed by atoms with Crippen molar-refractivity contribution >= 4 is 34.9 Å². The molecule has 0 fully saturated rings. The maximum Gasteiger partial charge on any atom is 0.249 e. The summed E-state index contributed by atoms with van der Waals surface area (Å²) in [7, 11) is 0. The lowest BCUT2D eigenvalue weighted by Gasteiger charge is -2.24. The molecule has 2 heterocycles. The number of hydrogen-bond donors (Lipinski definition) is 2. The average Bonchev–Trinajstić information content (AvgIpc) is 2.98. The van der Waals surface area contributed by atoms with Gasteiger partial charge in [-0.25, -0.2) is 4.68 Å². The van der Waals surface area contributed by atoms with Crippen LogP contribution in [-0.4, -0.2) is 21.6 Å². The monoisotopic (exact) mass is 394 g/mol. The van der Waals surface area contributed by atoms with E-state index < -0.39 is 6.04 Å². The molecule has 1 aliphatic heterocycles. The number of aromatic nitrogens is 2. The average molecular weight is 395 g/mol. The number of carbonyl (C=O) groups excluding carboxylic acids is 2. The first-order valence-corrected chi connectivity index (χ1v) is 9.32. The zero-order valence-electron chi connectivity index (χ0n) is 15.5. The van der Waals surface area contributed by atoms with Crippen molar-refractivity contribution in [2.45, 2.75) is 26.3 Å². The summed E-state index contributed by atoms with van der Waals surface area (Å²) >= 11 is 5.99. The molecule has 2 amide bonds. The van der Waals surface area contributed by atoms with Crippen molar-refractivity contribution in [3.63, 3.8) is 0 Å².